The molecule has 0 radical (unpaired) electrons. The van der Waals surface area contributed by atoms with Crippen LogP contribution in [0.2, 0.25) is 0 Å². The van der Waals surface area contributed by atoms with E-state index in [0.29, 0.717) is 0 Å². The zero-order valence-corrected chi connectivity index (χ0v) is 35.5. The molecule has 2 nitrogen and oxygen atoms in total. The largest absolute Gasteiger partial charge is 0.455 e. The molecule has 1 aliphatic rings. The van der Waals surface area contributed by atoms with Gasteiger partial charge in [-0.3, -0.25) is 0 Å². The van der Waals surface area contributed by atoms with Crippen molar-refractivity contribution in [3.05, 3.63) is 271 Å². The van der Waals surface area contributed by atoms with Crippen LogP contribution in [0.15, 0.2) is 253 Å². The van der Waals surface area contributed by atoms with Gasteiger partial charge in [0.05, 0.1) is 5.41 Å². The van der Waals surface area contributed by atoms with Gasteiger partial charge in [-0.05, 0) is 120 Å². The highest BCUT2D eigenvalue weighted by atomic mass is 16.3. The summed E-state index contributed by atoms with van der Waals surface area (Å²) in [6, 6.07) is 90.9. The van der Waals surface area contributed by atoms with E-state index in [1.807, 2.05) is 0 Å². The minimum atomic E-state index is -0.514. The minimum Gasteiger partial charge on any atom is -0.455 e. The summed E-state index contributed by atoms with van der Waals surface area (Å²) in [7, 11) is 0. The number of nitrogens with zero attached hydrogens (tertiary/aromatic N) is 1. The molecular weight excluding hydrogens is 787 g/mol. The molecular formula is C63H41NO. The van der Waals surface area contributed by atoms with Gasteiger partial charge in [-0.15, -0.1) is 0 Å². The van der Waals surface area contributed by atoms with Gasteiger partial charge in [-0.2, -0.15) is 0 Å². The maximum absolute atomic E-state index is 6.55. The molecule has 304 valence electrons. The third-order valence-corrected chi connectivity index (χ3v) is 13.7. The monoisotopic (exact) mass is 827 g/mol. The third-order valence-electron chi connectivity index (χ3n) is 13.7. The van der Waals surface area contributed by atoms with Crippen LogP contribution in [0.3, 0.4) is 0 Å². The summed E-state index contributed by atoms with van der Waals surface area (Å²) < 4.78 is 6.55. The lowest BCUT2D eigenvalue weighted by molar-refractivity contribution is 0.670. The Morgan fingerprint density at radius 1 is 0.308 bits per heavy atom. The highest BCUT2D eigenvalue weighted by Gasteiger charge is 2.46. The number of para-hydroxylation sites is 1. The molecule has 13 rings (SSSR count). The number of rotatable bonds is 7. The van der Waals surface area contributed by atoms with Crippen molar-refractivity contribution in [2.45, 2.75) is 5.41 Å². The summed E-state index contributed by atoms with van der Waals surface area (Å²) in [5.74, 6) is 0. The van der Waals surface area contributed by atoms with Crippen molar-refractivity contribution < 1.29 is 4.42 Å². The van der Waals surface area contributed by atoms with Gasteiger partial charge < -0.3 is 9.32 Å². The van der Waals surface area contributed by atoms with Gasteiger partial charge >= 0.3 is 0 Å². The number of benzene rings is 11. The summed E-state index contributed by atoms with van der Waals surface area (Å²) in [5, 5.41) is 7.19. The molecule has 0 saturated heterocycles. The second-order valence-electron chi connectivity index (χ2n) is 17.2. The molecule has 0 aliphatic heterocycles. The molecule has 12 aromatic rings. The molecule has 0 bridgehead atoms. The van der Waals surface area contributed by atoms with E-state index in [0.717, 1.165) is 61.3 Å². The highest BCUT2D eigenvalue weighted by molar-refractivity contribution is 6.11. The van der Waals surface area contributed by atoms with E-state index < -0.39 is 5.41 Å². The van der Waals surface area contributed by atoms with Crippen molar-refractivity contribution in [2.75, 3.05) is 4.90 Å². The van der Waals surface area contributed by atoms with E-state index in [-0.39, 0.29) is 0 Å². The first-order valence-electron chi connectivity index (χ1n) is 22.4. The highest BCUT2D eigenvalue weighted by Crippen LogP contribution is 2.57. The lowest BCUT2D eigenvalue weighted by Crippen LogP contribution is -2.28. The molecule has 0 spiro atoms. The van der Waals surface area contributed by atoms with Crippen molar-refractivity contribution in [3.63, 3.8) is 0 Å². The van der Waals surface area contributed by atoms with Gasteiger partial charge in [0.25, 0.3) is 0 Å². The van der Waals surface area contributed by atoms with Gasteiger partial charge in [0, 0.05) is 33.4 Å². The average Bonchev–Trinajstić information content (AvgIpc) is 3.91. The summed E-state index contributed by atoms with van der Waals surface area (Å²) >= 11 is 0. The van der Waals surface area contributed by atoms with Gasteiger partial charge in [-0.25, -0.2) is 0 Å². The number of furan rings is 1. The van der Waals surface area contributed by atoms with Gasteiger partial charge in [0.2, 0.25) is 0 Å². The Bertz CT molecular complexity index is 3720. The van der Waals surface area contributed by atoms with Crippen LogP contribution in [-0.4, -0.2) is 0 Å². The average molecular weight is 828 g/mol. The Morgan fingerprint density at radius 2 is 0.892 bits per heavy atom. The lowest BCUT2D eigenvalue weighted by atomic mass is 9.67. The zero-order valence-electron chi connectivity index (χ0n) is 35.5. The second kappa shape index (κ2) is 14.8. The zero-order chi connectivity index (χ0) is 42.9. The van der Waals surface area contributed by atoms with Crippen molar-refractivity contribution in [1.29, 1.82) is 0 Å². The molecule has 0 amide bonds. The summed E-state index contributed by atoms with van der Waals surface area (Å²) in [5.41, 5.74) is 16.7. The van der Waals surface area contributed by atoms with Crippen LogP contribution < -0.4 is 4.90 Å². The van der Waals surface area contributed by atoms with Gasteiger partial charge in [-0.1, -0.05) is 200 Å². The summed E-state index contributed by atoms with van der Waals surface area (Å²) in [6.45, 7) is 0. The van der Waals surface area contributed by atoms with Crippen molar-refractivity contribution >= 4 is 60.5 Å². The molecule has 0 N–H and O–H groups in total. The van der Waals surface area contributed by atoms with Crippen LogP contribution in [0.1, 0.15) is 22.3 Å². The van der Waals surface area contributed by atoms with Crippen LogP contribution in [0.25, 0.3) is 76.9 Å². The number of fused-ring (bicyclic) bond motifs is 9. The first kappa shape index (κ1) is 37.1. The van der Waals surface area contributed by atoms with Crippen molar-refractivity contribution in [1.82, 2.24) is 0 Å². The van der Waals surface area contributed by atoms with E-state index in [4.69, 9.17) is 4.42 Å². The Kier molecular flexibility index (Phi) is 8.47. The SMILES string of the molecule is c1ccc(-c2cccc3c2oc2ccc(-c4ccc(N(c5ccc6c(c5)C(c5ccccc5)(c5ccccc5)c5ccccc5-6)c5ccc6c(ccc7ccccc76)c5)cc4)cc23)cc1. The predicted molar refractivity (Wildman–Crippen MR) is 272 cm³/mol. The quantitative estimate of drug-likeness (QED) is 0.149. The fourth-order valence-electron chi connectivity index (χ4n) is 10.8. The maximum atomic E-state index is 6.55. The van der Waals surface area contributed by atoms with Crippen LogP contribution >= 0.6 is 0 Å². The maximum Gasteiger partial charge on any atom is 0.143 e. The fraction of sp³-hybridized carbons (Fsp3) is 0.0159. The van der Waals surface area contributed by atoms with E-state index >= 15 is 0 Å². The number of hydrogen-bond donors (Lipinski definition) is 0. The van der Waals surface area contributed by atoms with Crippen molar-refractivity contribution in [3.8, 4) is 33.4 Å². The first-order valence-corrected chi connectivity index (χ1v) is 22.4. The minimum absolute atomic E-state index is 0.514. The van der Waals surface area contributed by atoms with E-state index in [9.17, 15) is 0 Å². The molecule has 1 heterocycles. The lowest BCUT2D eigenvalue weighted by Gasteiger charge is -2.35. The van der Waals surface area contributed by atoms with Crippen LogP contribution in [0, 0.1) is 0 Å². The second-order valence-corrected chi connectivity index (χ2v) is 17.2. The summed E-state index contributed by atoms with van der Waals surface area (Å²) in [6.07, 6.45) is 0. The van der Waals surface area contributed by atoms with Gasteiger partial charge in [0.1, 0.15) is 11.2 Å². The molecule has 0 saturated carbocycles. The Morgan fingerprint density at radius 3 is 1.69 bits per heavy atom. The third kappa shape index (κ3) is 5.81. The molecule has 2 heteroatoms. The van der Waals surface area contributed by atoms with Crippen LogP contribution in [-0.2, 0) is 5.41 Å². The van der Waals surface area contributed by atoms with Crippen LogP contribution in [0.5, 0.6) is 0 Å². The Hall–Kier alpha value is -8.46. The smallest absolute Gasteiger partial charge is 0.143 e. The molecule has 0 unspecified atom stereocenters. The Balaban J connectivity index is 0.981. The standard InChI is InChI=1S/C63H41NO/c1-4-15-43(16-5-1)54-24-14-25-57-58-40-45(31-38-61(58)65-62(54)57)42-29-32-49(33-30-42)64(50-34-36-53-46(39-50)28-27-44-17-10-11-22-52(44)53)51-35-37-56-55-23-12-13-26-59(55)63(60(56)41-51,47-18-6-2-7-19-47)48-20-8-3-9-21-48/h1-41H. The molecule has 0 fully saturated rings. The molecule has 1 aromatic heterocycles. The van der Waals surface area contributed by atoms with Crippen molar-refractivity contribution in [2.24, 2.45) is 0 Å². The summed E-state index contributed by atoms with van der Waals surface area (Å²) in [4.78, 5) is 2.43. The molecule has 1 aliphatic carbocycles. The molecule has 11 aromatic carbocycles. The number of hydrogen-bond acceptors (Lipinski definition) is 2. The van der Waals surface area contributed by atoms with E-state index in [1.165, 1.54) is 54.9 Å². The van der Waals surface area contributed by atoms with E-state index in [1.54, 1.807) is 0 Å². The Labute approximate surface area is 377 Å². The molecule has 0 atom stereocenters. The first-order chi connectivity index (χ1) is 32.2. The predicted octanol–water partition coefficient (Wildman–Crippen LogP) is 17.1. The topological polar surface area (TPSA) is 16.4 Å². The van der Waals surface area contributed by atoms with Crippen LogP contribution in [0.4, 0.5) is 17.1 Å². The molecule has 65 heavy (non-hydrogen) atoms. The number of anilines is 3. The normalized spacial score (nSPS) is 12.7. The van der Waals surface area contributed by atoms with E-state index in [2.05, 4.69) is 254 Å². The fourth-order valence-corrected chi connectivity index (χ4v) is 10.8. The van der Waals surface area contributed by atoms with Gasteiger partial charge in [0.15, 0.2) is 0 Å².